The fourth-order valence-corrected chi connectivity index (χ4v) is 0.195. The Bertz CT molecular complexity index is 61.3. The van der Waals surface area contributed by atoms with E-state index in [1.807, 2.05) is 0 Å². The lowest BCUT2D eigenvalue weighted by molar-refractivity contribution is 0.880. The molecule has 0 aromatic heterocycles. The largest absolute Gasteiger partial charge is 0.328 e. The number of aliphatic imine (C=N–C) groups is 1. The molecule has 0 rings (SSSR count). The second-order valence-electron chi connectivity index (χ2n) is 1.15. The van der Waals surface area contributed by atoms with E-state index >= 15 is 0 Å². The Balaban J connectivity index is 3.36. The predicted molar refractivity (Wildman–Crippen MR) is 31.2 cm³/mol. The van der Waals surface area contributed by atoms with Gasteiger partial charge in [0.05, 0.1) is 6.04 Å². The molecule has 0 aromatic carbocycles. The number of nitrogens with zero attached hydrogens (tertiary/aromatic N) is 1. The van der Waals surface area contributed by atoms with Crippen molar-refractivity contribution in [3.8, 4) is 0 Å². The van der Waals surface area contributed by atoms with E-state index in [1.54, 1.807) is 0 Å². The first-order valence-corrected chi connectivity index (χ1v) is 2.01. The van der Waals surface area contributed by atoms with E-state index in [0.717, 1.165) is 0 Å². The fraction of sp³-hybridized carbons (Fsp3) is 0.500. The van der Waals surface area contributed by atoms with Gasteiger partial charge in [0.25, 0.3) is 0 Å². The minimum absolute atomic E-state index is 0.181. The maximum absolute atomic E-state index is 6.62. The second-order valence-corrected chi connectivity index (χ2v) is 1.15. The van der Waals surface area contributed by atoms with Gasteiger partial charge in [0.15, 0.2) is 0 Å². The Morgan fingerprint density at radius 3 is 2.57 bits per heavy atom. The molecule has 0 heterocycles. The van der Waals surface area contributed by atoms with Gasteiger partial charge in [-0.25, -0.2) is 0 Å². The highest BCUT2D eigenvalue weighted by molar-refractivity contribution is 5.62. The zero-order valence-corrected chi connectivity index (χ0v) is 4.09. The molecule has 1 atom stereocenters. The van der Waals surface area contributed by atoms with Crippen molar-refractivity contribution in [3.05, 3.63) is 0 Å². The molecule has 0 aliphatic rings. The molecular weight excluding hydrogens is 90.1 g/mol. The molecule has 0 aliphatic heterocycles. The third kappa shape index (κ3) is 2.05. The van der Waals surface area contributed by atoms with Crippen LogP contribution in [0.3, 0.4) is 0 Å². The Hall–Kier alpha value is -0.700. The van der Waals surface area contributed by atoms with Crippen LogP contribution in [0.1, 0.15) is 0 Å². The molecule has 3 nitrogen and oxygen atoms in total. The summed E-state index contributed by atoms with van der Waals surface area (Å²) in [4.78, 5) is 3.51. The van der Waals surface area contributed by atoms with Crippen molar-refractivity contribution in [1.82, 2.24) is 0 Å². The molecule has 3 N–H and O–H groups in total. The minimum Gasteiger partial charge on any atom is -0.328 e. The summed E-state index contributed by atoms with van der Waals surface area (Å²) >= 11 is 0. The van der Waals surface area contributed by atoms with Gasteiger partial charge in [-0.2, -0.15) is 0 Å². The van der Waals surface area contributed by atoms with Crippen LogP contribution in [0.25, 0.3) is 0 Å². The lowest BCUT2D eigenvalue weighted by Crippen LogP contribution is -2.18. The van der Waals surface area contributed by atoms with Crippen LogP contribution in [0.5, 0.6) is 0 Å². The zero-order chi connectivity index (χ0) is 5.70. The molecule has 0 aliphatic carbocycles. The predicted octanol–water partition coefficient (Wildman–Crippen LogP) is -0.336. The summed E-state index contributed by atoms with van der Waals surface area (Å²) in [7, 11) is 0. The summed E-state index contributed by atoms with van der Waals surface area (Å²) in [5.74, 6) is 0. The van der Waals surface area contributed by atoms with Crippen molar-refractivity contribution in [2.24, 2.45) is 10.7 Å². The van der Waals surface area contributed by atoms with Gasteiger partial charge >= 0.3 is 0 Å². The van der Waals surface area contributed by atoms with E-state index in [9.17, 15) is 0 Å². The highest BCUT2D eigenvalue weighted by atomic mass is 14.8. The maximum Gasteiger partial charge on any atom is 0.0957 e. The third-order valence-electron chi connectivity index (χ3n) is 0.668. The van der Waals surface area contributed by atoms with E-state index in [2.05, 4.69) is 11.7 Å². The third-order valence-corrected chi connectivity index (χ3v) is 0.668. The van der Waals surface area contributed by atoms with Crippen LogP contribution < -0.4 is 5.73 Å². The van der Waals surface area contributed by atoms with E-state index in [4.69, 9.17) is 11.1 Å². The first kappa shape index (κ1) is 6.30. The van der Waals surface area contributed by atoms with E-state index < -0.39 is 0 Å². The Morgan fingerprint density at radius 1 is 2.00 bits per heavy atom. The molecule has 0 amide bonds. The fourth-order valence-electron chi connectivity index (χ4n) is 0.195. The highest BCUT2D eigenvalue weighted by Crippen LogP contribution is 1.76. The van der Waals surface area contributed by atoms with Crippen LogP contribution in [-0.2, 0) is 0 Å². The first-order valence-electron chi connectivity index (χ1n) is 2.01. The van der Waals surface area contributed by atoms with Crippen LogP contribution >= 0.6 is 0 Å². The van der Waals surface area contributed by atoms with Crippen LogP contribution in [0, 0.1) is 5.41 Å². The van der Waals surface area contributed by atoms with E-state index in [1.165, 1.54) is 6.21 Å². The van der Waals surface area contributed by atoms with Crippen molar-refractivity contribution >= 4 is 12.9 Å². The van der Waals surface area contributed by atoms with E-state index in [0.29, 0.717) is 6.54 Å². The summed E-state index contributed by atoms with van der Waals surface area (Å²) < 4.78 is 0. The molecule has 1 unspecified atom stereocenters. The Kier molecular flexibility index (Phi) is 3.14. The molecule has 0 radical (unpaired) electrons. The summed E-state index contributed by atoms with van der Waals surface area (Å²) in [6.45, 7) is 3.60. The normalized spacial score (nSPS) is 12.7. The average Bonchev–Trinajstić information content (AvgIpc) is 1.72. The minimum atomic E-state index is -0.181. The number of rotatable bonds is 3. The van der Waals surface area contributed by atoms with Crippen molar-refractivity contribution in [3.63, 3.8) is 0 Å². The summed E-state index contributed by atoms with van der Waals surface area (Å²) in [5.41, 5.74) is 5.11. The smallest absolute Gasteiger partial charge is 0.0957 e. The van der Waals surface area contributed by atoms with Gasteiger partial charge in [-0.15, -0.1) is 0 Å². The number of nitrogens with two attached hydrogens (primary N) is 1. The Labute approximate surface area is 42.8 Å². The van der Waals surface area contributed by atoms with Crippen LogP contribution in [-0.4, -0.2) is 25.5 Å². The van der Waals surface area contributed by atoms with Crippen molar-refractivity contribution in [1.29, 1.82) is 5.41 Å². The monoisotopic (exact) mass is 99.1 g/mol. The average molecular weight is 99.1 g/mol. The lowest BCUT2D eigenvalue weighted by Gasteiger charge is -1.95. The van der Waals surface area contributed by atoms with Crippen molar-refractivity contribution in [2.75, 3.05) is 6.54 Å². The van der Waals surface area contributed by atoms with Gasteiger partial charge in [0.1, 0.15) is 0 Å². The van der Waals surface area contributed by atoms with E-state index in [-0.39, 0.29) is 6.04 Å². The molecule has 0 spiro atoms. The zero-order valence-electron chi connectivity index (χ0n) is 4.09. The van der Waals surface area contributed by atoms with Gasteiger partial charge in [-0.1, -0.05) is 0 Å². The SMILES string of the molecule is C=NC(C=N)CN. The van der Waals surface area contributed by atoms with Gasteiger partial charge in [-0.3, -0.25) is 4.99 Å². The lowest BCUT2D eigenvalue weighted by atomic mass is 10.3. The van der Waals surface area contributed by atoms with Crippen LogP contribution in [0.2, 0.25) is 0 Å². The Morgan fingerprint density at radius 2 is 2.57 bits per heavy atom. The molecule has 40 valence electrons. The van der Waals surface area contributed by atoms with Crippen molar-refractivity contribution in [2.45, 2.75) is 6.04 Å². The molecule has 0 aromatic rings. The van der Waals surface area contributed by atoms with Gasteiger partial charge in [0.2, 0.25) is 0 Å². The summed E-state index contributed by atoms with van der Waals surface area (Å²) in [6.07, 6.45) is 1.17. The molecule has 0 fully saturated rings. The van der Waals surface area contributed by atoms with Gasteiger partial charge in [0, 0.05) is 12.8 Å². The first-order chi connectivity index (χ1) is 3.35. The molecule has 7 heavy (non-hydrogen) atoms. The van der Waals surface area contributed by atoms with Crippen LogP contribution in [0.4, 0.5) is 0 Å². The standard InChI is InChI=1S/C4H9N3/c1-7-4(2-5)3-6/h2,4-5H,1,3,6H2. The number of hydrogen-bond acceptors (Lipinski definition) is 3. The highest BCUT2D eigenvalue weighted by Gasteiger charge is 1.91. The number of nitrogens with one attached hydrogen (secondary N) is 1. The topological polar surface area (TPSA) is 62.2 Å². The molecule has 3 heteroatoms. The molecule has 0 saturated heterocycles. The summed E-state index contributed by atoms with van der Waals surface area (Å²) in [5, 5.41) is 6.62. The maximum atomic E-state index is 6.62. The van der Waals surface area contributed by atoms with Gasteiger partial charge in [-0.05, 0) is 6.72 Å². The molecule has 0 saturated carbocycles. The quantitative estimate of drug-likeness (QED) is 0.467. The second kappa shape index (κ2) is 3.49. The molecule has 0 bridgehead atoms. The van der Waals surface area contributed by atoms with Gasteiger partial charge < -0.3 is 11.1 Å². The molecular formula is C4H9N3. The van der Waals surface area contributed by atoms with Crippen molar-refractivity contribution < 1.29 is 0 Å². The van der Waals surface area contributed by atoms with Crippen LogP contribution in [0.15, 0.2) is 4.99 Å². The number of hydrogen-bond donors (Lipinski definition) is 2. The summed E-state index contributed by atoms with van der Waals surface area (Å²) in [6, 6.07) is -0.181.